The van der Waals surface area contributed by atoms with Gasteiger partial charge in [0.25, 0.3) is 0 Å². The molecule has 0 heterocycles. The monoisotopic (exact) mass is 965 g/mol. The van der Waals surface area contributed by atoms with Crippen molar-refractivity contribution in [2.75, 3.05) is 13.2 Å². The van der Waals surface area contributed by atoms with Crippen molar-refractivity contribution in [3.05, 3.63) is 60.8 Å². The molecule has 1 atom stereocenters. The fourth-order valence-electron chi connectivity index (χ4n) is 8.63. The maximum Gasteiger partial charge on any atom is 0.306 e. The summed E-state index contributed by atoms with van der Waals surface area (Å²) in [5.74, 6) is -0.895. The van der Waals surface area contributed by atoms with Gasteiger partial charge in [-0.3, -0.25) is 14.4 Å². The molecule has 6 heteroatoms. The summed E-state index contributed by atoms with van der Waals surface area (Å²) in [7, 11) is 0. The first-order valence-corrected chi connectivity index (χ1v) is 29.8. The van der Waals surface area contributed by atoms with Crippen molar-refractivity contribution in [2.45, 2.75) is 309 Å². The van der Waals surface area contributed by atoms with E-state index in [4.69, 9.17) is 14.2 Å². The molecule has 6 nitrogen and oxygen atoms in total. The van der Waals surface area contributed by atoms with E-state index in [0.29, 0.717) is 19.3 Å². The molecule has 0 rings (SSSR count). The van der Waals surface area contributed by atoms with Crippen molar-refractivity contribution in [1.29, 1.82) is 0 Å². The average Bonchev–Trinajstić information content (AvgIpc) is 3.35. The van der Waals surface area contributed by atoms with Crippen LogP contribution in [0.5, 0.6) is 0 Å². The molecule has 1 unspecified atom stereocenters. The maximum atomic E-state index is 12.9. The van der Waals surface area contributed by atoms with Crippen molar-refractivity contribution < 1.29 is 28.6 Å². The Hall–Kier alpha value is -2.89. The van der Waals surface area contributed by atoms with E-state index in [2.05, 4.69) is 63.3 Å². The lowest BCUT2D eigenvalue weighted by molar-refractivity contribution is -0.167. The van der Waals surface area contributed by atoms with Gasteiger partial charge in [0.1, 0.15) is 13.2 Å². The lowest BCUT2D eigenvalue weighted by atomic mass is 10.0. The summed E-state index contributed by atoms with van der Waals surface area (Å²) < 4.78 is 16.9. The Bertz CT molecular complexity index is 1250. The highest BCUT2D eigenvalue weighted by Crippen LogP contribution is 2.17. The Morgan fingerprint density at radius 2 is 0.580 bits per heavy atom. The SMILES string of the molecule is CC\C=C/C=C\C=C/C=C\CCCCCCCC(=O)OCC(COC(=O)CCCCCCCCCCCCCCCCCCCCC)OC(=O)CCCCCCCCC/C=C\CCCCCCCC. The second-order valence-corrected chi connectivity index (χ2v) is 20.0. The molecular weight excluding hydrogens is 853 g/mol. The molecule has 0 aromatic carbocycles. The van der Waals surface area contributed by atoms with Crippen molar-refractivity contribution in [3.63, 3.8) is 0 Å². The first-order valence-electron chi connectivity index (χ1n) is 29.8. The Kier molecular flexibility index (Phi) is 55.3. The number of carbonyl (C=O) groups excluding carboxylic acids is 3. The van der Waals surface area contributed by atoms with E-state index >= 15 is 0 Å². The highest BCUT2D eigenvalue weighted by molar-refractivity contribution is 5.71. The molecule has 0 aliphatic rings. The number of rotatable bonds is 54. The van der Waals surface area contributed by atoms with Crippen LogP contribution in [0.15, 0.2) is 60.8 Å². The van der Waals surface area contributed by atoms with Gasteiger partial charge in [-0.25, -0.2) is 0 Å². The number of unbranched alkanes of at least 4 members (excludes halogenated alkanes) is 36. The third-order valence-corrected chi connectivity index (χ3v) is 13.1. The van der Waals surface area contributed by atoms with Crippen LogP contribution in [0.1, 0.15) is 303 Å². The molecule has 0 saturated carbocycles. The summed E-state index contributed by atoms with van der Waals surface area (Å²) >= 11 is 0. The number of allylic oxidation sites excluding steroid dienone is 10. The van der Waals surface area contributed by atoms with Crippen molar-refractivity contribution >= 4 is 17.9 Å². The van der Waals surface area contributed by atoms with Crippen LogP contribution in [0.3, 0.4) is 0 Å². The number of esters is 3. The van der Waals surface area contributed by atoms with E-state index in [9.17, 15) is 14.4 Å². The van der Waals surface area contributed by atoms with Crippen LogP contribution in [-0.2, 0) is 28.6 Å². The first kappa shape index (κ1) is 66.1. The van der Waals surface area contributed by atoms with E-state index in [-0.39, 0.29) is 31.1 Å². The molecule has 0 aromatic rings. The topological polar surface area (TPSA) is 78.9 Å². The van der Waals surface area contributed by atoms with E-state index < -0.39 is 6.10 Å². The lowest BCUT2D eigenvalue weighted by Crippen LogP contribution is -2.30. The summed E-state index contributed by atoms with van der Waals surface area (Å²) in [5, 5.41) is 0. The van der Waals surface area contributed by atoms with Crippen LogP contribution in [0.4, 0.5) is 0 Å². The smallest absolute Gasteiger partial charge is 0.306 e. The van der Waals surface area contributed by atoms with Gasteiger partial charge in [0.05, 0.1) is 0 Å². The average molecular weight is 966 g/mol. The molecule has 0 aromatic heterocycles. The molecule has 0 radical (unpaired) electrons. The molecular formula is C63H112O6. The third kappa shape index (κ3) is 55.9. The van der Waals surface area contributed by atoms with Gasteiger partial charge < -0.3 is 14.2 Å². The normalized spacial score (nSPS) is 12.4. The first-order chi connectivity index (χ1) is 34.0. The molecule has 0 saturated heterocycles. The minimum atomic E-state index is -0.785. The standard InChI is InChI=1S/C63H112O6/c1-4-7-10-13-16-19-22-25-28-30-31-33-35-38-41-44-47-50-53-56-62(65)68-59-60(58-67-61(64)55-52-49-46-43-40-37-34-27-24-21-18-15-12-9-6-3)69-63(66)57-54-51-48-45-42-39-36-32-29-26-23-20-17-14-11-8-5-2/h9,12,15,18,21,24,26-27,29,34,60H,4-8,10-11,13-14,16-17,19-20,22-23,25,28,30-33,35-59H2,1-3H3/b12-9-,18-15-,24-21-,29-26-,34-27-. The van der Waals surface area contributed by atoms with Gasteiger partial charge in [0.15, 0.2) is 6.10 Å². The summed E-state index contributed by atoms with van der Waals surface area (Å²) in [4.78, 5) is 38.2. The molecule has 0 fully saturated rings. The molecule has 0 N–H and O–H groups in total. The zero-order valence-corrected chi connectivity index (χ0v) is 45.8. The second-order valence-electron chi connectivity index (χ2n) is 20.0. The Labute approximate surface area is 428 Å². The van der Waals surface area contributed by atoms with Crippen molar-refractivity contribution in [2.24, 2.45) is 0 Å². The predicted octanol–water partition coefficient (Wildman–Crippen LogP) is 20.0. The van der Waals surface area contributed by atoms with Gasteiger partial charge >= 0.3 is 17.9 Å². The Morgan fingerprint density at radius 3 is 0.928 bits per heavy atom. The Balaban J connectivity index is 4.37. The predicted molar refractivity (Wildman–Crippen MR) is 298 cm³/mol. The number of ether oxygens (including phenoxy) is 3. The molecule has 400 valence electrons. The van der Waals surface area contributed by atoms with Gasteiger partial charge in [-0.1, -0.05) is 281 Å². The maximum absolute atomic E-state index is 12.9. The van der Waals surface area contributed by atoms with Gasteiger partial charge in [-0.05, 0) is 64.2 Å². The van der Waals surface area contributed by atoms with Crippen LogP contribution in [0.2, 0.25) is 0 Å². The minimum Gasteiger partial charge on any atom is -0.462 e. The van der Waals surface area contributed by atoms with E-state index in [1.54, 1.807) is 0 Å². The van der Waals surface area contributed by atoms with Gasteiger partial charge in [0.2, 0.25) is 0 Å². The van der Waals surface area contributed by atoms with Crippen molar-refractivity contribution in [3.8, 4) is 0 Å². The van der Waals surface area contributed by atoms with Gasteiger partial charge in [-0.2, -0.15) is 0 Å². The fourth-order valence-corrected chi connectivity index (χ4v) is 8.63. The largest absolute Gasteiger partial charge is 0.462 e. The summed E-state index contributed by atoms with van der Waals surface area (Å²) in [6.07, 6.45) is 72.1. The summed E-state index contributed by atoms with van der Waals surface area (Å²) in [6, 6.07) is 0. The number of carbonyl (C=O) groups is 3. The van der Waals surface area contributed by atoms with Crippen molar-refractivity contribution in [1.82, 2.24) is 0 Å². The van der Waals surface area contributed by atoms with Crippen LogP contribution < -0.4 is 0 Å². The van der Waals surface area contributed by atoms with E-state index in [0.717, 1.165) is 83.5 Å². The van der Waals surface area contributed by atoms with Crippen LogP contribution in [0, 0.1) is 0 Å². The molecule has 0 spiro atoms. The molecule has 0 aliphatic heterocycles. The molecule has 0 bridgehead atoms. The van der Waals surface area contributed by atoms with E-state index in [1.807, 2.05) is 18.2 Å². The number of hydrogen-bond donors (Lipinski definition) is 0. The van der Waals surface area contributed by atoms with Crippen LogP contribution in [-0.4, -0.2) is 37.2 Å². The highest BCUT2D eigenvalue weighted by atomic mass is 16.6. The Morgan fingerprint density at radius 1 is 0.304 bits per heavy atom. The van der Waals surface area contributed by atoms with Crippen LogP contribution >= 0.6 is 0 Å². The minimum absolute atomic E-state index is 0.0809. The zero-order chi connectivity index (χ0) is 50.0. The van der Waals surface area contributed by atoms with Gasteiger partial charge in [0, 0.05) is 19.3 Å². The zero-order valence-electron chi connectivity index (χ0n) is 45.8. The summed E-state index contributed by atoms with van der Waals surface area (Å²) in [5.41, 5.74) is 0. The van der Waals surface area contributed by atoms with Gasteiger partial charge in [-0.15, -0.1) is 0 Å². The highest BCUT2D eigenvalue weighted by Gasteiger charge is 2.19. The quantitative estimate of drug-likeness (QED) is 0.0199. The molecule has 0 amide bonds. The summed E-state index contributed by atoms with van der Waals surface area (Å²) in [6.45, 7) is 6.51. The fraction of sp³-hybridized carbons (Fsp3) is 0.794. The number of hydrogen-bond acceptors (Lipinski definition) is 6. The molecule has 0 aliphatic carbocycles. The second kappa shape index (κ2) is 57.7. The third-order valence-electron chi connectivity index (χ3n) is 13.1. The lowest BCUT2D eigenvalue weighted by Gasteiger charge is -2.18. The van der Waals surface area contributed by atoms with E-state index in [1.165, 1.54) is 180 Å². The molecule has 69 heavy (non-hydrogen) atoms. The van der Waals surface area contributed by atoms with Crippen LogP contribution in [0.25, 0.3) is 0 Å².